The van der Waals surface area contributed by atoms with Crippen LogP contribution in [0.4, 0.5) is 0 Å². The number of likely N-dealkylation sites (tertiary alicyclic amines) is 1. The fourth-order valence-corrected chi connectivity index (χ4v) is 3.21. The quantitative estimate of drug-likeness (QED) is 0.321. The van der Waals surface area contributed by atoms with Crippen LogP contribution in [0.2, 0.25) is 0 Å². The molecule has 0 radical (unpaired) electrons. The number of ketones is 1. The molecule has 1 aromatic carbocycles. The Kier molecular flexibility index (Phi) is 6.41. The fourth-order valence-electron chi connectivity index (χ4n) is 3.21. The number of aliphatic hydroxyl groups excluding tert-OH is 1. The van der Waals surface area contributed by atoms with E-state index >= 15 is 0 Å². The van der Waals surface area contributed by atoms with E-state index in [0.29, 0.717) is 23.5 Å². The number of aliphatic hydroxyl groups is 1. The van der Waals surface area contributed by atoms with Gasteiger partial charge in [-0.05, 0) is 42.0 Å². The summed E-state index contributed by atoms with van der Waals surface area (Å²) in [7, 11) is 1.52. The van der Waals surface area contributed by atoms with Gasteiger partial charge < -0.3 is 19.5 Å². The highest BCUT2D eigenvalue weighted by molar-refractivity contribution is 6.46. The molecule has 3 rings (SSSR count). The minimum atomic E-state index is -0.729. The molecule has 0 aliphatic carbocycles. The lowest BCUT2D eigenvalue weighted by atomic mass is 9.96. The Labute approximate surface area is 168 Å². The Balaban J connectivity index is 2.04. The second kappa shape index (κ2) is 9.16. The molecule has 7 nitrogen and oxygen atoms in total. The highest BCUT2D eigenvalue weighted by Crippen LogP contribution is 2.39. The Morgan fingerprint density at radius 2 is 1.90 bits per heavy atom. The van der Waals surface area contributed by atoms with E-state index in [1.54, 1.807) is 54.9 Å². The van der Waals surface area contributed by atoms with Gasteiger partial charge in [-0.2, -0.15) is 0 Å². The first kappa shape index (κ1) is 20.3. The van der Waals surface area contributed by atoms with E-state index in [0.717, 1.165) is 0 Å². The molecule has 1 fully saturated rings. The molecular formula is C22H22N2O5. The van der Waals surface area contributed by atoms with Gasteiger partial charge >= 0.3 is 0 Å². The van der Waals surface area contributed by atoms with E-state index in [4.69, 9.17) is 9.47 Å². The van der Waals surface area contributed by atoms with E-state index in [9.17, 15) is 14.7 Å². The third-order valence-electron chi connectivity index (χ3n) is 4.59. The number of methoxy groups -OCH3 is 1. The van der Waals surface area contributed by atoms with Crippen molar-refractivity contribution in [3.63, 3.8) is 0 Å². The third-order valence-corrected chi connectivity index (χ3v) is 4.59. The van der Waals surface area contributed by atoms with Crippen molar-refractivity contribution in [2.24, 2.45) is 0 Å². The van der Waals surface area contributed by atoms with Crippen LogP contribution in [-0.2, 0) is 14.3 Å². The molecule has 0 saturated carbocycles. The molecule has 1 amide bonds. The lowest BCUT2D eigenvalue weighted by Crippen LogP contribution is -2.32. The summed E-state index contributed by atoms with van der Waals surface area (Å²) in [6, 6.07) is 9.36. The summed E-state index contributed by atoms with van der Waals surface area (Å²) in [6.45, 7) is 4.44. The first-order valence-electron chi connectivity index (χ1n) is 9.10. The second-order valence-electron chi connectivity index (χ2n) is 6.39. The molecule has 1 saturated heterocycles. The molecule has 1 aliphatic rings. The minimum absolute atomic E-state index is 0.0389. The predicted octanol–water partition coefficient (Wildman–Crippen LogP) is 2.71. The average Bonchev–Trinajstić information content (AvgIpc) is 3.01. The number of benzene rings is 1. The summed E-state index contributed by atoms with van der Waals surface area (Å²) in [4.78, 5) is 30.8. The van der Waals surface area contributed by atoms with Crippen LogP contribution in [0.1, 0.15) is 17.2 Å². The van der Waals surface area contributed by atoms with Crippen LogP contribution >= 0.6 is 0 Å². The molecule has 1 atom stereocenters. The summed E-state index contributed by atoms with van der Waals surface area (Å²) in [6.07, 6.45) is 4.79. The van der Waals surface area contributed by atoms with Crippen molar-refractivity contribution in [1.82, 2.24) is 9.88 Å². The first-order chi connectivity index (χ1) is 14.1. The number of hydrogen-bond acceptors (Lipinski definition) is 6. The van der Waals surface area contributed by atoms with Gasteiger partial charge in [0.2, 0.25) is 0 Å². The smallest absolute Gasteiger partial charge is 0.295 e. The van der Waals surface area contributed by atoms with Crippen molar-refractivity contribution in [3.05, 3.63) is 78.1 Å². The van der Waals surface area contributed by atoms with Crippen molar-refractivity contribution in [3.8, 4) is 5.75 Å². The zero-order valence-corrected chi connectivity index (χ0v) is 16.1. The molecule has 0 spiro atoms. The molecule has 1 N–H and O–H groups in total. The van der Waals surface area contributed by atoms with E-state index in [1.807, 2.05) is 0 Å². The van der Waals surface area contributed by atoms with Crippen LogP contribution < -0.4 is 4.74 Å². The van der Waals surface area contributed by atoms with Crippen molar-refractivity contribution in [1.29, 1.82) is 0 Å². The number of carbonyl (C=O) groups is 2. The number of carbonyl (C=O) groups excluding carboxylic acids is 2. The summed E-state index contributed by atoms with van der Waals surface area (Å²) in [5, 5.41) is 10.9. The van der Waals surface area contributed by atoms with Gasteiger partial charge in [0.05, 0.1) is 18.2 Å². The zero-order chi connectivity index (χ0) is 20.8. The monoisotopic (exact) mass is 394 g/mol. The molecule has 2 aromatic rings. The van der Waals surface area contributed by atoms with Gasteiger partial charge in [0, 0.05) is 31.6 Å². The van der Waals surface area contributed by atoms with Gasteiger partial charge in [-0.1, -0.05) is 12.7 Å². The summed E-state index contributed by atoms with van der Waals surface area (Å²) < 4.78 is 10.5. The van der Waals surface area contributed by atoms with Gasteiger partial charge in [0.25, 0.3) is 11.7 Å². The highest BCUT2D eigenvalue weighted by atomic mass is 16.5. The van der Waals surface area contributed by atoms with Crippen molar-refractivity contribution >= 4 is 17.4 Å². The number of hydrogen-bond donors (Lipinski definition) is 1. The molecule has 0 bridgehead atoms. The molecule has 1 aliphatic heterocycles. The van der Waals surface area contributed by atoms with Crippen LogP contribution in [-0.4, -0.2) is 53.5 Å². The van der Waals surface area contributed by atoms with E-state index in [-0.39, 0.29) is 24.5 Å². The number of pyridine rings is 1. The average molecular weight is 394 g/mol. The van der Waals surface area contributed by atoms with Crippen molar-refractivity contribution in [2.75, 3.05) is 26.9 Å². The SMILES string of the molecule is C=CCOc1ccc(C(O)=C2C(=O)C(=O)N(CCOC)C2c2ccncc2)cc1. The number of rotatable bonds is 8. The Morgan fingerprint density at radius 1 is 1.21 bits per heavy atom. The standard InChI is InChI=1S/C22H22N2O5/c1-3-13-29-17-6-4-16(5-7-17)20(25)18-19(15-8-10-23-11-9-15)24(12-14-28-2)22(27)21(18)26/h3-11,19,25H,1,12-14H2,2H3. The van der Waals surface area contributed by atoms with Gasteiger partial charge in [-0.15, -0.1) is 0 Å². The maximum Gasteiger partial charge on any atom is 0.295 e. The van der Waals surface area contributed by atoms with Crippen LogP contribution in [0.15, 0.2) is 67.0 Å². The number of Topliss-reactive ketones (excluding diaryl/α,β-unsaturated/α-hetero) is 1. The van der Waals surface area contributed by atoms with E-state index in [2.05, 4.69) is 11.6 Å². The third kappa shape index (κ3) is 4.20. The largest absolute Gasteiger partial charge is 0.507 e. The Hall–Kier alpha value is -3.45. The van der Waals surface area contributed by atoms with E-state index < -0.39 is 17.7 Å². The number of ether oxygens (including phenoxy) is 2. The topological polar surface area (TPSA) is 89.0 Å². The molecule has 150 valence electrons. The molecular weight excluding hydrogens is 372 g/mol. The van der Waals surface area contributed by atoms with Gasteiger partial charge in [-0.25, -0.2) is 0 Å². The summed E-state index contributed by atoms with van der Waals surface area (Å²) >= 11 is 0. The fraction of sp³-hybridized carbons (Fsp3) is 0.227. The number of nitrogens with zero attached hydrogens (tertiary/aromatic N) is 2. The lowest BCUT2D eigenvalue weighted by molar-refractivity contribution is -0.140. The van der Waals surface area contributed by atoms with Crippen molar-refractivity contribution in [2.45, 2.75) is 6.04 Å². The Bertz CT molecular complexity index is 922. The number of amides is 1. The molecule has 2 heterocycles. The molecule has 29 heavy (non-hydrogen) atoms. The van der Waals surface area contributed by atoms with E-state index in [1.165, 1.54) is 12.0 Å². The molecule has 1 unspecified atom stereocenters. The van der Waals surface area contributed by atoms with Crippen LogP contribution in [0.5, 0.6) is 5.75 Å². The second-order valence-corrected chi connectivity index (χ2v) is 6.39. The lowest BCUT2D eigenvalue weighted by Gasteiger charge is -2.24. The van der Waals surface area contributed by atoms with Gasteiger partial charge in [-0.3, -0.25) is 14.6 Å². The molecule has 1 aromatic heterocycles. The molecule has 7 heteroatoms. The maximum absolute atomic E-state index is 12.8. The highest BCUT2D eigenvalue weighted by Gasteiger charge is 2.45. The predicted molar refractivity (Wildman–Crippen MR) is 107 cm³/mol. The van der Waals surface area contributed by atoms with Crippen LogP contribution in [0, 0.1) is 0 Å². The Morgan fingerprint density at radius 3 is 2.52 bits per heavy atom. The summed E-state index contributed by atoms with van der Waals surface area (Å²) in [5.41, 5.74) is 1.14. The van der Waals surface area contributed by atoms with Crippen LogP contribution in [0.3, 0.4) is 0 Å². The van der Waals surface area contributed by atoms with Gasteiger partial charge in [0.1, 0.15) is 18.1 Å². The van der Waals surface area contributed by atoms with Crippen LogP contribution in [0.25, 0.3) is 5.76 Å². The van der Waals surface area contributed by atoms with Crippen molar-refractivity contribution < 1.29 is 24.2 Å². The van der Waals surface area contributed by atoms with Gasteiger partial charge in [0.15, 0.2) is 0 Å². The summed E-state index contributed by atoms with van der Waals surface area (Å²) in [5.74, 6) is -1.03. The minimum Gasteiger partial charge on any atom is -0.507 e. The first-order valence-corrected chi connectivity index (χ1v) is 9.10. The maximum atomic E-state index is 12.8. The zero-order valence-electron chi connectivity index (χ0n) is 16.1. The number of aromatic nitrogens is 1. The normalized spacial score (nSPS) is 18.1.